The zero-order valence-corrected chi connectivity index (χ0v) is 28.8. The third-order valence-electron chi connectivity index (χ3n) is 7.73. The topological polar surface area (TPSA) is 43.9 Å². The summed E-state index contributed by atoms with van der Waals surface area (Å²) < 4.78 is 46.8. The zero-order chi connectivity index (χ0) is 36.5. The minimum absolute atomic E-state index is 0. The number of rotatable bonds is 6. The summed E-state index contributed by atoms with van der Waals surface area (Å²) in [5.41, 5.74) is 8.99. The summed E-state index contributed by atoms with van der Waals surface area (Å²) in [5, 5.41) is 0.800. The number of nitrogens with zero attached hydrogens (tertiary/aromatic N) is 3. The second kappa shape index (κ2) is 14.8. The van der Waals surface area contributed by atoms with Crippen LogP contribution in [0, 0.1) is 25.1 Å². The van der Waals surface area contributed by atoms with E-state index in [0.717, 1.165) is 44.5 Å². The number of hydrogen-bond acceptors (Lipinski definition) is 3. The van der Waals surface area contributed by atoms with Gasteiger partial charge in [0.05, 0.1) is 16.9 Å². The quantitative estimate of drug-likeness (QED) is 0.157. The Labute approximate surface area is 302 Å². The van der Waals surface area contributed by atoms with Crippen molar-refractivity contribution in [2.24, 2.45) is 5.92 Å². The van der Waals surface area contributed by atoms with Gasteiger partial charge in [0.15, 0.2) is 0 Å². The molecule has 0 aliphatic heterocycles. The number of pyridine rings is 1. The van der Waals surface area contributed by atoms with Gasteiger partial charge in [-0.25, -0.2) is 0 Å². The fraction of sp³-hybridized carbons (Fsp3) is 0.116. The Morgan fingerprint density at radius 3 is 2.33 bits per heavy atom. The maximum atomic E-state index is 8.59. The molecule has 3 heterocycles. The third-order valence-corrected chi connectivity index (χ3v) is 7.73. The molecule has 0 aliphatic rings. The largest absolute Gasteiger partial charge is 0.557 e. The minimum atomic E-state index is -2.09. The standard InChI is InChI=1S/C31H25N2O.C12H10N.Ir/c1-21(2)18-22-12-17-30-26(19-22)27(20-34-30)31-32-28-10-6-7-11-29(28)33(31)25-15-13-24(14-16-25)23-8-4-3-5-9-23;1-10-7-8-12(13-9-10)11-5-3-2-4-6-11;/h3-17,19,21H,18H2,1-2H3;2-5,7-9H,1H3;/q2*-1;/i18D2;1D3;. The molecule has 0 amide bonds. The summed E-state index contributed by atoms with van der Waals surface area (Å²) in [7, 11) is 0. The molecule has 0 atom stereocenters. The Hall–Kier alpha value is -5.09. The van der Waals surface area contributed by atoms with Gasteiger partial charge in [-0.3, -0.25) is 4.98 Å². The van der Waals surface area contributed by atoms with E-state index in [4.69, 9.17) is 16.3 Å². The van der Waals surface area contributed by atoms with Crippen LogP contribution < -0.4 is 0 Å². The predicted octanol–water partition coefficient (Wildman–Crippen LogP) is 11.0. The molecule has 1 radical (unpaired) electrons. The zero-order valence-electron chi connectivity index (χ0n) is 31.4. The van der Waals surface area contributed by atoms with Crippen LogP contribution in [-0.4, -0.2) is 14.5 Å². The van der Waals surface area contributed by atoms with E-state index in [-0.39, 0.29) is 31.6 Å². The molecule has 4 nitrogen and oxygen atoms in total. The SMILES string of the molecule is [2H]C([2H])([2H])c1ccc(-c2[c-]cccc2)nc1.[2H]C([2H])(c1ccc2o[c-]c(-c3nc4ccccc4n3-c3ccc(-c4ccccc4)cc3)c2c1)C(C)C.[Ir]. The second-order valence-electron chi connectivity index (χ2n) is 11.5. The molecule has 5 aromatic carbocycles. The van der Waals surface area contributed by atoms with Gasteiger partial charge in [-0.15, -0.1) is 35.9 Å². The summed E-state index contributed by atoms with van der Waals surface area (Å²) in [5.74, 6) is 0.548. The van der Waals surface area contributed by atoms with E-state index in [2.05, 4.69) is 64.3 Å². The van der Waals surface area contributed by atoms with Crippen LogP contribution in [-0.2, 0) is 26.5 Å². The summed E-state index contributed by atoms with van der Waals surface area (Å²) >= 11 is 0. The molecule has 8 aromatic rings. The number of fused-ring (bicyclic) bond motifs is 2. The van der Waals surface area contributed by atoms with Gasteiger partial charge in [-0.1, -0.05) is 115 Å². The fourth-order valence-electron chi connectivity index (χ4n) is 5.56. The first-order valence-corrected chi connectivity index (χ1v) is 15.5. The molecule has 0 aliphatic carbocycles. The number of para-hydroxylation sites is 2. The van der Waals surface area contributed by atoms with Crippen molar-refractivity contribution >= 4 is 22.0 Å². The number of aromatic nitrogens is 3. The molecule has 8 rings (SSSR count). The van der Waals surface area contributed by atoms with Crippen molar-refractivity contribution in [1.29, 1.82) is 0 Å². The molecule has 0 unspecified atom stereocenters. The van der Waals surface area contributed by atoms with Gasteiger partial charge in [-0.2, -0.15) is 0 Å². The molecule has 3 aromatic heterocycles. The summed E-state index contributed by atoms with van der Waals surface area (Å²) in [6.45, 7) is 1.70. The first-order chi connectivity index (χ1) is 25.0. The number of aryl methyl sites for hydroxylation is 1. The molecule has 48 heavy (non-hydrogen) atoms. The van der Waals surface area contributed by atoms with Crippen molar-refractivity contribution in [3.63, 3.8) is 0 Å². The van der Waals surface area contributed by atoms with Crippen LogP contribution in [0.4, 0.5) is 0 Å². The number of benzene rings is 5. The van der Waals surface area contributed by atoms with E-state index in [1.807, 2.05) is 80.6 Å². The molecular weight excluding hydrogens is 767 g/mol. The Morgan fingerprint density at radius 2 is 1.60 bits per heavy atom. The van der Waals surface area contributed by atoms with E-state index in [1.54, 1.807) is 24.3 Å². The van der Waals surface area contributed by atoms with Gasteiger partial charge in [0.25, 0.3) is 0 Å². The average Bonchev–Trinajstić information content (AvgIpc) is 3.77. The minimum Gasteiger partial charge on any atom is -0.557 e. The van der Waals surface area contributed by atoms with Crippen molar-refractivity contribution in [3.05, 3.63) is 163 Å². The normalized spacial score (nSPS) is 13.0. The molecule has 0 fully saturated rings. The fourth-order valence-corrected chi connectivity index (χ4v) is 5.56. The van der Waals surface area contributed by atoms with Gasteiger partial charge in [0.2, 0.25) is 0 Å². The van der Waals surface area contributed by atoms with Crippen LogP contribution in [0.25, 0.3) is 61.5 Å². The first kappa shape index (κ1) is 26.9. The van der Waals surface area contributed by atoms with E-state index >= 15 is 0 Å². The van der Waals surface area contributed by atoms with E-state index in [0.29, 0.717) is 17.0 Å². The molecule has 5 heteroatoms. The average molecular weight is 807 g/mol. The van der Waals surface area contributed by atoms with Crippen LogP contribution in [0.2, 0.25) is 0 Å². The number of furan rings is 1. The number of hydrogen-bond donors (Lipinski definition) is 0. The van der Waals surface area contributed by atoms with Crippen LogP contribution in [0.1, 0.15) is 31.8 Å². The van der Waals surface area contributed by atoms with Crippen molar-refractivity contribution in [1.82, 2.24) is 14.5 Å². The van der Waals surface area contributed by atoms with Crippen molar-refractivity contribution in [2.45, 2.75) is 27.1 Å². The Bertz CT molecular complexity index is 2440. The van der Waals surface area contributed by atoms with Crippen molar-refractivity contribution < 1.29 is 31.4 Å². The maximum Gasteiger partial charge on any atom is 0.0774 e. The monoisotopic (exact) mass is 807 g/mol. The third kappa shape index (κ3) is 7.08. The summed E-state index contributed by atoms with van der Waals surface area (Å²) in [6, 6.07) is 46.1. The second-order valence-corrected chi connectivity index (χ2v) is 11.5. The molecule has 0 saturated heterocycles. The Kier molecular flexibility index (Phi) is 8.28. The first-order valence-electron chi connectivity index (χ1n) is 18.0. The van der Waals surface area contributed by atoms with Gasteiger partial charge in [0.1, 0.15) is 0 Å². The van der Waals surface area contributed by atoms with Crippen LogP contribution >= 0.6 is 0 Å². The molecular formula is C43H35IrN3O-2. The van der Waals surface area contributed by atoms with Gasteiger partial charge >= 0.3 is 0 Å². The van der Waals surface area contributed by atoms with Gasteiger partial charge in [-0.05, 0) is 65.8 Å². The summed E-state index contributed by atoms with van der Waals surface area (Å²) in [6.07, 6.45) is 3.00. The van der Waals surface area contributed by atoms with E-state index in [1.165, 1.54) is 11.8 Å². The maximum absolute atomic E-state index is 8.59. The molecule has 0 bridgehead atoms. The van der Waals surface area contributed by atoms with Crippen molar-refractivity contribution in [2.75, 3.05) is 0 Å². The van der Waals surface area contributed by atoms with Crippen LogP contribution in [0.3, 0.4) is 0 Å². The molecule has 0 spiro atoms. The van der Waals surface area contributed by atoms with E-state index in [9.17, 15) is 0 Å². The van der Waals surface area contributed by atoms with Gasteiger partial charge in [0, 0.05) is 50.7 Å². The molecule has 0 N–H and O–H groups in total. The van der Waals surface area contributed by atoms with Gasteiger partial charge < -0.3 is 14.0 Å². The van der Waals surface area contributed by atoms with Crippen LogP contribution in [0.15, 0.2) is 144 Å². The van der Waals surface area contributed by atoms with E-state index < -0.39 is 13.2 Å². The molecule has 239 valence electrons. The van der Waals surface area contributed by atoms with Crippen LogP contribution in [0.5, 0.6) is 0 Å². The van der Waals surface area contributed by atoms with Crippen molar-refractivity contribution in [3.8, 4) is 39.5 Å². The Balaban J connectivity index is 0.000000238. The summed E-state index contributed by atoms with van der Waals surface area (Å²) in [4.78, 5) is 9.09. The predicted molar refractivity (Wildman–Crippen MR) is 192 cm³/mol. The smallest absolute Gasteiger partial charge is 0.0774 e. The molecule has 0 saturated carbocycles. The Morgan fingerprint density at radius 1 is 0.833 bits per heavy atom. The number of imidazole rings is 1.